The van der Waals surface area contributed by atoms with Crippen molar-refractivity contribution in [3.8, 4) is 17.2 Å². The van der Waals surface area contributed by atoms with E-state index in [2.05, 4.69) is 9.98 Å². The number of para-hydroxylation sites is 2. The number of rotatable bonds is 7. The number of methoxy groups -OCH3 is 1. The van der Waals surface area contributed by atoms with E-state index in [0.717, 1.165) is 12.1 Å². The average molecular weight is 733 g/mol. The first-order chi connectivity index (χ1) is 16.8. The molecule has 38 heavy (non-hydrogen) atoms. The molecule has 0 unspecified atom stereocenters. The fraction of sp³-hybridized carbons (Fsp3) is 0.263. The molecule has 2 aromatic carbocycles. The minimum Gasteiger partial charge on any atom is -0.872 e. The zero-order valence-corrected chi connectivity index (χ0v) is 22.6. The topological polar surface area (TPSA) is 279 Å². The molecule has 17 nitrogen and oxygen atoms in total. The van der Waals surface area contributed by atoms with Crippen LogP contribution in [0.25, 0.3) is 0 Å². The zero-order chi connectivity index (χ0) is 28.1. The van der Waals surface area contributed by atoms with Crippen molar-refractivity contribution in [2.45, 2.75) is 13.3 Å². The fourth-order valence-electron chi connectivity index (χ4n) is 2.22. The van der Waals surface area contributed by atoms with Crippen LogP contribution in [0.3, 0.4) is 0 Å². The van der Waals surface area contributed by atoms with Crippen LogP contribution >= 0.6 is 0 Å². The largest absolute Gasteiger partial charge is 3.00 e. The average Bonchev–Trinajstić information content (AvgIpc) is 2.76. The van der Waals surface area contributed by atoms with E-state index >= 15 is 0 Å². The Hall–Kier alpha value is -3.41. The molecule has 0 bridgehead atoms. The van der Waals surface area contributed by atoms with E-state index in [4.69, 9.17) is 50.7 Å². The second kappa shape index (κ2) is 25.2. The van der Waals surface area contributed by atoms with Crippen LogP contribution in [0.1, 0.15) is 24.5 Å². The van der Waals surface area contributed by atoms with Crippen molar-refractivity contribution >= 4 is 11.9 Å². The molecule has 0 saturated carbocycles. The van der Waals surface area contributed by atoms with Gasteiger partial charge in [0.1, 0.15) is 5.75 Å². The van der Waals surface area contributed by atoms with Gasteiger partial charge in [-0.2, -0.15) is 0 Å². The van der Waals surface area contributed by atoms with Crippen LogP contribution in [0.4, 0.5) is 0 Å². The summed E-state index contributed by atoms with van der Waals surface area (Å²) in [6.45, 7) is 2.98. The van der Waals surface area contributed by atoms with Crippen LogP contribution in [0.2, 0.25) is 0 Å². The predicted octanol–water partition coefficient (Wildman–Crippen LogP) is 1.44. The van der Waals surface area contributed by atoms with Gasteiger partial charge in [0.25, 0.3) is 0 Å². The van der Waals surface area contributed by atoms with Crippen molar-refractivity contribution < 1.29 is 85.9 Å². The van der Waals surface area contributed by atoms with E-state index in [1.54, 1.807) is 36.5 Å². The van der Waals surface area contributed by atoms with Gasteiger partial charge in [-0.1, -0.05) is 47.9 Å². The molecule has 19 heteroatoms. The van der Waals surface area contributed by atoms with Crippen LogP contribution < -0.4 is 14.9 Å². The molecule has 0 N–H and O–H groups in total. The maximum Gasteiger partial charge on any atom is 3.00 e. The Balaban J connectivity index is -0.000000349. The molecule has 0 spiro atoms. The van der Waals surface area contributed by atoms with E-state index in [0.29, 0.717) is 30.0 Å². The first kappa shape index (κ1) is 41.7. The van der Waals surface area contributed by atoms with Crippen LogP contribution in [-0.4, -0.2) is 47.4 Å². The molecular formula is C19H20CuN5O12Tb. The van der Waals surface area contributed by atoms with Crippen molar-refractivity contribution in [1.29, 1.82) is 0 Å². The van der Waals surface area contributed by atoms with Gasteiger partial charge in [-0.25, -0.2) is 0 Å². The molecule has 0 fully saturated rings. The van der Waals surface area contributed by atoms with Crippen molar-refractivity contribution in [2.24, 2.45) is 9.98 Å². The Labute approximate surface area is 256 Å². The standard InChI is InChI=1S/C19H22N2O3.Cu.3NO3.Tb/c1-14(16-8-3-4-9-17(16)22)21-12-6-11-20-13-15-7-5-10-18(24-2)19(15)23;;3*2-1(3)4;/h3-5,7-10,13,22-23H,6,11-12H2,1-2H3;;;;;/q;+2;3*-1;+3/p-2. The Kier molecular flexibility index (Phi) is 27.7. The quantitative estimate of drug-likeness (QED) is 0.129. The predicted molar refractivity (Wildman–Crippen MR) is 124 cm³/mol. The van der Waals surface area contributed by atoms with Gasteiger partial charge in [0.15, 0.2) is 0 Å². The van der Waals surface area contributed by atoms with Gasteiger partial charge < -0.3 is 60.9 Å². The molecule has 0 atom stereocenters. The maximum atomic E-state index is 11.9. The van der Waals surface area contributed by atoms with Crippen molar-refractivity contribution in [3.63, 3.8) is 0 Å². The van der Waals surface area contributed by atoms with E-state index in [-0.39, 0.29) is 67.2 Å². The summed E-state index contributed by atoms with van der Waals surface area (Å²) in [6, 6.07) is 12.0. The van der Waals surface area contributed by atoms with Crippen LogP contribution in [0.15, 0.2) is 52.4 Å². The van der Waals surface area contributed by atoms with Crippen molar-refractivity contribution in [1.82, 2.24) is 0 Å². The van der Waals surface area contributed by atoms with Gasteiger partial charge in [0.05, 0.1) is 22.4 Å². The molecule has 2 aromatic rings. The van der Waals surface area contributed by atoms with Crippen LogP contribution in [0.5, 0.6) is 17.2 Å². The first-order valence-corrected chi connectivity index (χ1v) is 9.39. The molecule has 0 amide bonds. The summed E-state index contributed by atoms with van der Waals surface area (Å²) >= 11 is 0. The van der Waals surface area contributed by atoms with Gasteiger partial charge in [-0.05, 0) is 30.5 Å². The molecular weight excluding hydrogens is 713 g/mol. The summed E-state index contributed by atoms with van der Waals surface area (Å²) in [6.07, 6.45) is 2.31. The molecule has 0 heterocycles. The Morgan fingerprint density at radius 3 is 1.84 bits per heavy atom. The third-order valence-corrected chi connectivity index (χ3v) is 3.53. The second-order valence-corrected chi connectivity index (χ2v) is 5.90. The normalized spacial score (nSPS) is 9.37. The third kappa shape index (κ3) is 24.3. The van der Waals surface area contributed by atoms with Crippen LogP contribution in [0, 0.1) is 84.6 Å². The van der Waals surface area contributed by atoms with Gasteiger partial charge in [0, 0.05) is 25.0 Å². The summed E-state index contributed by atoms with van der Waals surface area (Å²) in [5.41, 5.74) is 1.88. The summed E-state index contributed by atoms with van der Waals surface area (Å²) in [4.78, 5) is 33.4. The van der Waals surface area contributed by atoms with E-state index in [1.807, 2.05) is 13.0 Å². The first-order valence-electron chi connectivity index (χ1n) is 9.39. The molecule has 0 aliphatic rings. The molecule has 0 aromatic heterocycles. The molecule has 2 rings (SSSR count). The Bertz CT molecular complexity index is 1000. The van der Waals surface area contributed by atoms with Gasteiger partial charge in [-0.15, -0.1) is 0 Å². The molecule has 0 aliphatic carbocycles. The number of benzene rings is 2. The van der Waals surface area contributed by atoms with Crippen molar-refractivity contribution in [2.75, 3.05) is 20.2 Å². The number of ether oxygens (including phenoxy) is 1. The summed E-state index contributed by atoms with van der Waals surface area (Å²) in [5, 5.41) is 67.9. The number of nitrogens with zero attached hydrogens (tertiary/aromatic N) is 5. The summed E-state index contributed by atoms with van der Waals surface area (Å²) in [7, 11) is 1.47. The number of hydrogen-bond donors (Lipinski definition) is 0. The minimum atomic E-state index is -1.75. The molecule has 0 aliphatic heterocycles. The number of aliphatic imine (C=N–C) groups is 2. The minimum absolute atomic E-state index is 0. The van der Waals surface area contributed by atoms with Crippen molar-refractivity contribution in [3.05, 3.63) is 99.6 Å². The zero-order valence-electron chi connectivity index (χ0n) is 19.5. The van der Waals surface area contributed by atoms with Crippen LogP contribution in [-0.2, 0) is 17.1 Å². The Morgan fingerprint density at radius 2 is 1.37 bits per heavy atom. The fourth-order valence-corrected chi connectivity index (χ4v) is 2.22. The molecule has 213 valence electrons. The monoisotopic (exact) mass is 732 g/mol. The van der Waals surface area contributed by atoms with Gasteiger partial charge in [-0.3, -0.25) is 9.98 Å². The maximum absolute atomic E-state index is 11.9. The SMILES string of the molecule is COc1cccc(C=NCCCN=C(C)c2ccccc2[O-])c1[O-].O=[N+]([O-])[O-].O=[N+]([O-])[O-].O=[N+]([O-])[O-].[Cu+2].[Tb+3]. The number of hydrogen-bond acceptors (Lipinski definition) is 14. The second-order valence-electron chi connectivity index (χ2n) is 5.90. The Morgan fingerprint density at radius 1 is 0.868 bits per heavy atom. The smallest absolute Gasteiger partial charge is 0.872 e. The molecule has 1 radical (unpaired) electrons. The van der Waals surface area contributed by atoms with Gasteiger partial charge in [0.2, 0.25) is 0 Å². The summed E-state index contributed by atoms with van der Waals surface area (Å²) in [5.74, 6) is 0.137. The summed E-state index contributed by atoms with van der Waals surface area (Å²) < 4.78 is 4.99. The molecule has 0 saturated heterocycles. The third-order valence-electron chi connectivity index (χ3n) is 3.53. The van der Waals surface area contributed by atoms with E-state index in [1.165, 1.54) is 13.2 Å². The van der Waals surface area contributed by atoms with Gasteiger partial charge >= 0.3 is 55.7 Å². The van der Waals surface area contributed by atoms with E-state index in [9.17, 15) is 10.2 Å². The van der Waals surface area contributed by atoms with E-state index < -0.39 is 15.3 Å².